The van der Waals surface area contributed by atoms with E-state index >= 15 is 0 Å². The molecule has 2 amide bonds. The normalized spacial score (nSPS) is 16.5. The Kier molecular flexibility index (Phi) is 7.12. The molecule has 0 radical (unpaired) electrons. The van der Waals surface area contributed by atoms with Crippen LogP contribution in [0, 0.1) is 5.82 Å². The second kappa shape index (κ2) is 10.2. The Labute approximate surface area is 205 Å². The van der Waals surface area contributed by atoms with Crippen LogP contribution in [0.4, 0.5) is 4.39 Å². The predicted octanol–water partition coefficient (Wildman–Crippen LogP) is 3.83. The summed E-state index contributed by atoms with van der Waals surface area (Å²) in [5, 5.41) is 3.43. The van der Waals surface area contributed by atoms with E-state index in [0.29, 0.717) is 47.7 Å². The molecular weight excluding hydrogens is 475 g/mol. The smallest absolute Gasteiger partial charge is 0.336 e. The molecule has 0 spiro atoms. The van der Waals surface area contributed by atoms with Gasteiger partial charge in [0, 0.05) is 41.7 Å². The molecule has 1 N–H and O–H groups in total. The molecule has 180 valence electrons. The van der Waals surface area contributed by atoms with Crippen LogP contribution in [-0.4, -0.2) is 42.1 Å². The second-order valence-electron chi connectivity index (χ2n) is 8.31. The van der Waals surface area contributed by atoms with Crippen molar-refractivity contribution in [3.63, 3.8) is 0 Å². The monoisotopic (exact) mass is 496 g/mol. The van der Waals surface area contributed by atoms with Gasteiger partial charge in [0.15, 0.2) is 0 Å². The van der Waals surface area contributed by atoms with Crippen LogP contribution in [0.25, 0.3) is 22.1 Å². The van der Waals surface area contributed by atoms with E-state index in [1.54, 1.807) is 17.0 Å². The number of carbonyl (C=O) groups excluding carboxylic acids is 3. The molecular formula is C26H22ClFN2O5. The van der Waals surface area contributed by atoms with E-state index in [4.69, 9.17) is 16.0 Å². The fourth-order valence-electron chi connectivity index (χ4n) is 4.33. The molecule has 1 saturated heterocycles. The maximum absolute atomic E-state index is 13.5. The molecule has 35 heavy (non-hydrogen) atoms. The average Bonchev–Trinajstić information content (AvgIpc) is 2.84. The number of benzene rings is 2. The zero-order valence-corrected chi connectivity index (χ0v) is 19.4. The van der Waals surface area contributed by atoms with Gasteiger partial charge >= 0.3 is 5.63 Å². The lowest BCUT2D eigenvalue weighted by Gasteiger charge is -2.34. The van der Waals surface area contributed by atoms with Crippen molar-refractivity contribution in [2.45, 2.75) is 24.8 Å². The molecule has 1 aromatic heterocycles. The van der Waals surface area contributed by atoms with Crippen molar-refractivity contribution in [2.75, 3.05) is 13.1 Å². The van der Waals surface area contributed by atoms with Crippen LogP contribution in [0.15, 0.2) is 64.3 Å². The number of nitrogens with one attached hydrogen (secondary N) is 1. The zero-order chi connectivity index (χ0) is 25.1. The van der Waals surface area contributed by atoms with Crippen molar-refractivity contribution < 1.29 is 23.2 Å². The molecule has 0 aliphatic carbocycles. The molecule has 0 unspecified atom stereocenters. The molecule has 1 aliphatic rings. The first-order valence-corrected chi connectivity index (χ1v) is 11.4. The van der Waals surface area contributed by atoms with Gasteiger partial charge in [-0.25, -0.2) is 9.18 Å². The van der Waals surface area contributed by atoms with Crippen molar-refractivity contribution >= 4 is 40.7 Å². The Morgan fingerprint density at radius 2 is 2.00 bits per heavy atom. The third kappa shape index (κ3) is 5.17. The molecule has 4 rings (SSSR count). The number of rotatable bonds is 6. The number of aldehydes is 1. The summed E-state index contributed by atoms with van der Waals surface area (Å²) in [6, 6.07) is 9.61. The molecule has 2 heterocycles. The third-order valence-corrected chi connectivity index (χ3v) is 6.33. The number of nitrogens with zero attached hydrogens (tertiary/aromatic N) is 1. The number of amides is 2. The van der Waals surface area contributed by atoms with Gasteiger partial charge in [-0.1, -0.05) is 30.3 Å². The maximum atomic E-state index is 13.5. The van der Waals surface area contributed by atoms with Crippen molar-refractivity contribution in [2.24, 2.45) is 0 Å². The zero-order valence-electron chi connectivity index (χ0n) is 18.6. The number of likely N-dealkylation sites (tertiary alicyclic amines) is 1. The average molecular weight is 497 g/mol. The van der Waals surface area contributed by atoms with Crippen molar-refractivity contribution in [1.29, 1.82) is 0 Å². The summed E-state index contributed by atoms with van der Waals surface area (Å²) in [6.45, 7) is 4.17. The fraction of sp³-hybridized carbons (Fsp3) is 0.231. The molecule has 1 fully saturated rings. The highest BCUT2D eigenvalue weighted by Gasteiger charge is 2.30. The van der Waals surface area contributed by atoms with Crippen LogP contribution in [0.5, 0.6) is 0 Å². The highest BCUT2D eigenvalue weighted by atomic mass is 35.5. The van der Waals surface area contributed by atoms with Gasteiger partial charge in [-0.05, 0) is 48.7 Å². The molecule has 9 heteroatoms. The highest BCUT2D eigenvalue weighted by molar-refractivity contribution is 6.33. The van der Waals surface area contributed by atoms with E-state index in [2.05, 4.69) is 11.9 Å². The maximum Gasteiger partial charge on any atom is 0.336 e. The lowest BCUT2D eigenvalue weighted by atomic mass is 9.94. The molecule has 0 bridgehead atoms. The van der Waals surface area contributed by atoms with E-state index < -0.39 is 23.3 Å². The van der Waals surface area contributed by atoms with E-state index in [-0.39, 0.29) is 29.1 Å². The Hall–Kier alpha value is -3.78. The summed E-state index contributed by atoms with van der Waals surface area (Å²) in [5.74, 6) is -2.35. The van der Waals surface area contributed by atoms with Crippen molar-refractivity contribution in [1.82, 2.24) is 10.2 Å². The van der Waals surface area contributed by atoms with Gasteiger partial charge in [-0.15, -0.1) is 0 Å². The lowest BCUT2D eigenvalue weighted by Crippen LogP contribution is -2.50. The summed E-state index contributed by atoms with van der Waals surface area (Å²) in [6.07, 6.45) is 3.11. The molecule has 2 aromatic carbocycles. The number of fused-ring (bicyclic) bond motifs is 1. The van der Waals surface area contributed by atoms with Gasteiger partial charge in [0.25, 0.3) is 0 Å². The molecule has 3 aromatic rings. The van der Waals surface area contributed by atoms with Gasteiger partial charge in [-0.3, -0.25) is 9.59 Å². The molecule has 7 nitrogen and oxygen atoms in total. The van der Waals surface area contributed by atoms with Crippen LogP contribution in [0.1, 0.15) is 24.3 Å². The van der Waals surface area contributed by atoms with Crippen LogP contribution in [-0.2, 0) is 14.4 Å². The standard InChI is InChI=1S/C26H22ClFN2O5/c1-2-24(32)29-17-4-3-9-30(13-17)26(34)21(14-31)15-5-7-19-20(12-25(33)35-23(19)10-15)18-8-6-16(28)11-22(18)27/h2,5-8,10-12,14,17,21H,1,3-4,9,13H2,(H,29,32)/t17-,21-/m0/s1. The van der Waals surface area contributed by atoms with Crippen LogP contribution in [0.2, 0.25) is 5.02 Å². The summed E-state index contributed by atoms with van der Waals surface area (Å²) in [5.41, 5.74) is 0.761. The van der Waals surface area contributed by atoms with E-state index in [1.807, 2.05) is 0 Å². The number of piperidine rings is 1. The topological polar surface area (TPSA) is 96.7 Å². The Morgan fingerprint density at radius 1 is 1.20 bits per heavy atom. The SMILES string of the molecule is C=CC(=O)N[C@H]1CCCN(C(=O)[C@@H](C=O)c2ccc3c(-c4ccc(F)cc4Cl)cc(=O)oc3c2)C1. The molecule has 2 atom stereocenters. The number of hydrogen-bond acceptors (Lipinski definition) is 5. The number of hydrogen-bond donors (Lipinski definition) is 1. The first-order chi connectivity index (χ1) is 16.8. The van der Waals surface area contributed by atoms with E-state index in [0.717, 1.165) is 6.07 Å². The Bertz CT molecular complexity index is 1390. The minimum absolute atomic E-state index is 0.130. The largest absolute Gasteiger partial charge is 0.423 e. The minimum Gasteiger partial charge on any atom is -0.423 e. The lowest BCUT2D eigenvalue weighted by molar-refractivity contribution is -0.136. The van der Waals surface area contributed by atoms with Crippen molar-refractivity contribution in [3.8, 4) is 11.1 Å². The van der Waals surface area contributed by atoms with E-state index in [9.17, 15) is 23.6 Å². The van der Waals surface area contributed by atoms with Gasteiger partial charge in [0.1, 0.15) is 23.6 Å². The highest BCUT2D eigenvalue weighted by Crippen LogP contribution is 2.34. The fourth-order valence-corrected chi connectivity index (χ4v) is 4.60. The first kappa shape index (κ1) is 24.3. The van der Waals surface area contributed by atoms with Gasteiger partial charge < -0.3 is 19.4 Å². The van der Waals surface area contributed by atoms with Crippen LogP contribution >= 0.6 is 11.6 Å². The first-order valence-electron chi connectivity index (χ1n) is 11.0. The van der Waals surface area contributed by atoms with Crippen LogP contribution in [0.3, 0.4) is 0 Å². The van der Waals surface area contributed by atoms with Crippen molar-refractivity contribution in [3.05, 3.63) is 81.9 Å². The molecule has 1 aliphatic heterocycles. The predicted molar refractivity (Wildman–Crippen MR) is 130 cm³/mol. The van der Waals surface area contributed by atoms with Gasteiger partial charge in [-0.2, -0.15) is 0 Å². The Balaban J connectivity index is 1.66. The summed E-state index contributed by atoms with van der Waals surface area (Å²) < 4.78 is 18.9. The van der Waals surface area contributed by atoms with Gasteiger partial charge in [0.2, 0.25) is 11.8 Å². The minimum atomic E-state index is -1.11. The van der Waals surface area contributed by atoms with Crippen LogP contribution < -0.4 is 10.9 Å². The summed E-state index contributed by atoms with van der Waals surface area (Å²) in [7, 11) is 0. The molecule has 0 saturated carbocycles. The van der Waals surface area contributed by atoms with Gasteiger partial charge in [0.05, 0.1) is 5.02 Å². The van der Waals surface area contributed by atoms with E-state index in [1.165, 1.54) is 30.3 Å². The Morgan fingerprint density at radius 3 is 2.71 bits per heavy atom. The quantitative estimate of drug-likeness (QED) is 0.242. The summed E-state index contributed by atoms with van der Waals surface area (Å²) >= 11 is 6.20. The number of carbonyl (C=O) groups is 3. The number of halogens is 2. The summed E-state index contributed by atoms with van der Waals surface area (Å²) in [4.78, 5) is 50.7. The second-order valence-corrected chi connectivity index (χ2v) is 8.72. The third-order valence-electron chi connectivity index (χ3n) is 6.02.